The molecule has 20 rings (SSSR count). The van der Waals surface area contributed by atoms with Crippen LogP contribution in [0.15, 0.2) is 294 Å². The van der Waals surface area contributed by atoms with Crippen LogP contribution < -0.4 is 9.64 Å². The molecule has 0 atom stereocenters. The molecule has 0 amide bonds. The van der Waals surface area contributed by atoms with E-state index in [1.807, 2.05) is 142 Å². The van der Waals surface area contributed by atoms with Crippen molar-refractivity contribution in [3.05, 3.63) is 303 Å². The van der Waals surface area contributed by atoms with Gasteiger partial charge in [-0.05, 0) is 138 Å². The Morgan fingerprint density at radius 3 is 1.36 bits per heavy atom. The first-order chi connectivity index (χ1) is 52.9. The second-order valence-electron chi connectivity index (χ2n) is 25.6. The Morgan fingerprint density at radius 1 is 0.389 bits per heavy atom. The molecule has 20 aromatic rings. The van der Waals surface area contributed by atoms with Crippen LogP contribution in [-0.4, -0.2) is 81.0 Å². The van der Waals surface area contributed by atoms with Crippen LogP contribution in [0.2, 0.25) is 0 Å². The SMILES string of the molecule is CN(C)c1ccc(-c2cnc3[nH]cc(-c4cncs4)c3c2)cc1.COc1ccccc1-c1cnc2[nH]cc(-c3ccoc3)c2c1.Cc1cccc(-c2cnc3[nH]cc(-c4ccoc4)c3c2)c1C.Fc1cc(F)cc(-c2cnc3[nH]cc(-c4ccoc4)c3c2)c1.c1csc(-c2cnc3[nH]cc(-c4cc[nH]c4)c3c2)c1. The number of aromatic amines is 6. The maximum absolute atomic E-state index is 13.4. The summed E-state index contributed by atoms with van der Waals surface area (Å²) in [5, 5.41) is 7.41. The number of halogens is 2. The van der Waals surface area contributed by atoms with Crippen LogP contribution in [0.1, 0.15) is 11.1 Å². The molecule has 4 aromatic carbocycles. The lowest BCUT2D eigenvalue weighted by molar-refractivity contribution is 0.416. The van der Waals surface area contributed by atoms with Crippen molar-refractivity contribution in [1.82, 2.24) is 59.8 Å². The van der Waals surface area contributed by atoms with Crippen LogP contribution >= 0.6 is 22.7 Å². The predicted octanol–water partition coefficient (Wildman–Crippen LogP) is 23.1. The first-order valence-corrected chi connectivity index (χ1v) is 36.1. The van der Waals surface area contributed by atoms with Crippen LogP contribution in [-0.2, 0) is 0 Å². The molecule has 0 bridgehead atoms. The number of aryl methyl sites for hydroxylation is 1. The van der Waals surface area contributed by atoms with E-state index < -0.39 is 11.6 Å². The van der Waals surface area contributed by atoms with Gasteiger partial charge >= 0.3 is 0 Å². The zero-order valence-electron chi connectivity index (χ0n) is 58.9. The van der Waals surface area contributed by atoms with Gasteiger partial charge < -0.3 is 52.8 Å². The van der Waals surface area contributed by atoms with Crippen molar-refractivity contribution in [3.8, 4) is 116 Å². The lowest BCUT2D eigenvalue weighted by atomic mass is 9.97. The Kier molecular flexibility index (Phi) is 19.4. The maximum Gasteiger partial charge on any atom is 0.137 e. The number of nitrogens with zero attached hydrogens (tertiary/aromatic N) is 7. The van der Waals surface area contributed by atoms with Crippen molar-refractivity contribution >= 4 is 83.5 Å². The van der Waals surface area contributed by atoms with Gasteiger partial charge in [-0.15, -0.1) is 22.7 Å². The number of aromatic nitrogens is 12. The number of ether oxygens (including phenoxy) is 1. The zero-order chi connectivity index (χ0) is 73.6. The van der Waals surface area contributed by atoms with Crippen molar-refractivity contribution in [1.29, 1.82) is 0 Å². The minimum atomic E-state index is -0.612. The molecule has 530 valence electrons. The summed E-state index contributed by atoms with van der Waals surface area (Å²) in [5.74, 6) is -0.387. The Labute approximate surface area is 625 Å². The van der Waals surface area contributed by atoms with E-state index in [2.05, 4.69) is 169 Å². The van der Waals surface area contributed by atoms with Gasteiger partial charge in [0.05, 0.1) is 55.1 Å². The molecule has 16 aromatic heterocycles. The number of furan rings is 3. The van der Waals surface area contributed by atoms with E-state index in [-0.39, 0.29) is 0 Å². The minimum absolute atomic E-state index is 0.450. The van der Waals surface area contributed by atoms with E-state index in [9.17, 15) is 8.78 Å². The number of thiazole rings is 1. The Hall–Kier alpha value is -13.8. The predicted molar refractivity (Wildman–Crippen MR) is 430 cm³/mol. The molecular formula is C87H67F2N13O4S2. The van der Waals surface area contributed by atoms with Crippen molar-refractivity contribution in [2.45, 2.75) is 13.8 Å². The van der Waals surface area contributed by atoms with Crippen LogP contribution in [0, 0.1) is 25.5 Å². The molecule has 0 radical (unpaired) electrons. The van der Waals surface area contributed by atoms with Crippen molar-refractivity contribution < 1.29 is 26.8 Å². The van der Waals surface area contributed by atoms with Gasteiger partial charge in [0.2, 0.25) is 0 Å². The Morgan fingerprint density at radius 2 is 0.870 bits per heavy atom. The fourth-order valence-electron chi connectivity index (χ4n) is 13.1. The number of methoxy groups -OCH3 is 1. The van der Waals surface area contributed by atoms with Gasteiger partial charge in [0.25, 0.3) is 0 Å². The fourth-order valence-corrected chi connectivity index (χ4v) is 14.4. The number of fused-ring (bicyclic) bond motifs is 5. The summed E-state index contributed by atoms with van der Waals surface area (Å²) >= 11 is 3.37. The monoisotopic (exact) mass is 1460 g/mol. The molecule has 21 heteroatoms. The highest BCUT2D eigenvalue weighted by atomic mass is 32.1. The van der Waals surface area contributed by atoms with E-state index in [4.69, 9.17) is 18.0 Å². The number of para-hydroxylation sites is 1. The van der Waals surface area contributed by atoms with Gasteiger partial charge in [-0.25, -0.2) is 33.7 Å². The van der Waals surface area contributed by atoms with E-state index in [0.29, 0.717) is 16.8 Å². The number of benzene rings is 4. The molecule has 0 spiro atoms. The normalized spacial score (nSPS) is 11.1. The highest BCUT2D eigenvalue weighted by Gasteiger charge is 2.18. The van der Waals surface area contributed by atoms with Gasteiger partial charge in [-0.2, -0.15) is 0 Å². The highest BCUT2D eigenvalue weighted by molar-refractivity contribution is 7.13. The molecule has 108 heavy (non-hydrogen) atoms. The van der Waals surface area contributed by atoms with E-state index in [1.165, 1.54) is 61.6 Å². The largest absolute Gasteiger partial charge is 0.496 e. The van der Waals surface area contributed by atoms with E-state index in [0.717, 1.165) is 127 Å². The summed E-state index contributed by atoms with van der Waals surface area (Å²) in [4.78, 5) is 50.2. The number of hydrogen-bond acceptors (Lipinski definition) is 13. The summed E-state index contributed by atoms with van der Waals surface area (Å²) < 4.78 is 47.7. The third kappa shape index (κ3) is 14.4. The standard InChI is InChI=1S/C19H16N2O.C18H16N4S.C18H14N2O2.C17H10F2N2O.C15H11N3S/c1-12-4-3-5-16(13(12)2)15-8-17-18(14-6-7-22-11-14)10-21-19(17)20-9-15;1-22(2)14-5-3-12(4-6-14)13-7-15-16(17-10-19-11-23-17)9-21-18(15)20-8-13;1-21-17-5-3-2-4-14(17)13-8-15-16(12-6-7-22-11-12)10-20-18(15)19-9-13;18-13-3-11(4-14(19)6-13)12-5-15-16(10-1-2-22-9-10)8-21-17(15)20-7-12;1-2-14(19-5-1)11-6-12-13(10-3-4-16-7-10)9-18-15(12)17-8-11/h3-11H,1-2H3,(H,20,21);3-11H,1-2H3,(H,20,21);2-11H,1H3,(H,19,20);1-9H,(H,20,21);1-9,16H,(H,17,18). The van der Waals surface area contributed by atoms with Gasteiger partial charge in [-0.1, -0.05) is 54.6 Å². The van der Waals surface area contributed by atoms with Gasteiger partial charge in [0, 0.05) is 222 Å². The smallest absolute Gasteiger partial charge is 0.137 e. The molecule has 0 unspecified atom stereocenters. The molecule has 0 fully saturated rings. The number of anilines is 1. The number of rotatable bonds is 12. The quantitative estimate of drug-likeness (QED) is 0.0675. The molecule has 16 heterocycles. The summed E-state index contributed by atoms with van der Waals surface area (Å²) in [6.07, 6.45) is 34.9. The van der Waals surface area contributed by atoms with Gasteiger partial charge in [0.15, 0.2) is 0 Å². The molecule has 0 aliphatic rings. The molecular weight excluding hydrogens is 1390 g/mol. The first-order valence-electron chi connectivity index (χ1n) is 34.4. The summed E-state index contributed by atoms with van der Waals surface area (Å²) in [7, 11) is 5.77. The molecule has 0 aliphatic heterocycles. The number of nitrogens with one attached hydrogen (secondary N) is 6. The number of thiophene rings is 1. The van der Waals surface area contributed by atoms with Crippen molar-refractivity contribution in [3.63, 3.8) is 0 Å². The topological polar surface area (TPSA) is 224 Å². The van der Waals surface area contributed by atoms with Crippen molar-refractivity contribution in [2.24, 2.45) is 0 Å². The first kappa shape index (κ1) is 68.7. The third-order valence-corrected chi connectivity index (χ3v) is 20.5. The van der Waals surface area contributed by atoms with E-state index in [1.54, 1.807) is 73.6 Å². The fraction of sp³-hybridized carbons (Fsp3) is 0.0575. The number of H-pyrrole nitrogens is 6. The molecule has 0 saturated carbocycles. The van der Waals surface area contributed by atoms with Crippen LogP contribution in [0.25, 0.3) is 165 Å². The average molecular weight is 1460 g/mol. The van der Waals surface area contributed by atoms with Crippen LogP contribution in [0.3, 0.4) is 0 Å². The number of pyridine rings is 5. The Balaban J connectivity index is 0.000000103. The molecule has 17 nitrogen and oxygen atoms in total. The molecule has 6 N–H and O–H groups in total. The molecule has 0 aliphatic carbocycles. The van der Waals surface area contributed by atoms with Gasteiger partial charge in [-0.3, -0.25) is 4.98 Å². The van der Waals surface area contributed by atoms with E-state index >= 15 is 0 Å². The second-order valence-corrected chi connectivity index (χ2v) is 27.5. The highest BCUT2D eigenvalue weighted by Crippen LogP contribution is 2.39. The summed E-state index contributed by atoms with van der Waals surface area (Å²) in [6, 6.07) is 48.8. The third-order valence-electron chi connectivity index (χ3n) is 18.8. The number of hydrogen-bond donors (Lipinski definition) is 6. The zero-order valence-corrected chi connectivity index (χ0v) is 60.5. The Bertz CT molecular complexity index is 6370. The lowest BCUT2D eigenvalue weighted by Gasteiger charge is -2.12. The maximum atomic E-state index is 13.4. The summed E-state index contributed by atoms with van der Waals surface area (Å²) in [5.41, 5.74) is 28.5. The lowest BCUT2D eigenvalue weighted by Crippen LogP contribution is -2.07. The summed E-state index contributed by atoms with van der Waals surface area (Å²) in [6.45, 7) is 4.29. The minimum Gasteiger partial charge on any atom is -0.496 e. The second kappa shape index (κ2) is 30.5. The average Bonchev–Trinajstić information content (AvgIpc) is 1.64. The van der Waals surface area contributed by atoms with Crippen LogP contribution in [0.4, 0.5) is 14.5 Å². The van der Waals surface area contributed by atoms with Gasteiger partial charge in [0.1, 0.15) is 45.6 Å². The van der Waals surface area contributed by atoms with Crippen molar-refractivity contribution in [2.75, 3.05) is 26.1 Å². The molecule has 0 saturated heterocycles. The van der Waals surface area contributed by atoms with Crippen LogP contribution in [0.5, 0.6) is 5.75 Å².